The first-order chi connectivity index (χ1) is 12.6. The molecule has 130 valence electrons. The van der Waals surface area contributed by atoms with Gasteiger partial charge < -0.3 is 10.3 Å². The van der Waals surface area contributed by atoms with E-state index in [1.165, 1.54) is 12.1 Å². The molecule has 1 aromatic carbocycles. The summed E-state index contributed by atoms with van der Waals surface area (Å²) in [6.45, 7) is 2.01. The number of halogens is 2. The molecule has 6 heteroatoms. The van der Waals surface area contributed by atoms with Gasteiger partial charge >= 0.3 is 0 Å². The summed E-state index contributed by atoms with van der Waals surface area (Å²) in [4.78, 5) is 12.1. The summed E-state index contributed by atoms with van der Waals surface area (Å²) >= 11 is 6.08. The third-order valence-electron chi connectivity index (χ3n) is 4.26. The zero-order valence-electron chi connectivity index (χ0n) is 14.0. The first kappa shape index (κ1) is 16.5. The number of fused-ring (bicyclic) bond motifs is 1. The van der Waals surface area contributed by atoms with Gasteiger partial charge in [-0.1, -0.05) is 29.8 Å². The number of rotatable bonds is 4. The topological polar surface area (TPSA) is 53.6 Å². The molecule has 4 nitrogen and oxygen atoms in total. The SMILES string of the molecule is C[C@H](Nc1cccc(-c2c[nH]c3ncc(Cl)cc23)n1)c1ccc(F)cc1. The Morgan fingerprint density at radius 3 is 2.77 bits per heavy atom. The van der Waals surface area contributed by atoms with E-state index in [2.05, 4.69) is 15.3 Å². The molecule has 0 spiro atoms. The minimum absolute atomic E-state index is 0.00238. The van der Waals surface area contributed by atoms with Crippen molar-refractivity contribution in [3.05, 3.63) is 77.3 Å². The highest BCUT2D eigenvalue weighted by atomic mass is 35.5. The molecule has 0 amide bonds. The molecule has 1 atom stereocenters. The van der Waals surface area contributed by atoms with Crippen molar-refractivity contribution in [2.24, 2.45) is 0 Å². The summed E-state index contributed by atoms with van der Waals surface area (Å²) in [6, 6.07) is 14.1. The monoisotopic (exact) mass is 366 g/mol. The molecular formula is C20H16ClFN4. The Morgan fingerprint density at radius 1 is 1.15 bits per heavy atom. The van der Waals surface area contributed by atoms with Crippen molar-refractivity contribution in [3.8, 4) is 11.3 Å². The molecule has 0 unspecified atom stereocenters. The van der Waals surface area contributed by atoms with E-state index in [9.17, 15) is 4.39 Å². The highest BCUT2D eigenvalue weighted by molar-refractivity contribution is 6.31. The lowest BCUT2D eigenvalue weighted by Gasteiger charge is -2.15. The number of hydrogen-bond acceptors (Lipinski definition) is 3. The van der Waals surface area contributed by atoms with Crippen LogP contribution in [-0.2, 0) is 0 Å². The molecule has 0 aliphatic rings. The van der Waals surface area contributed by atoms with E-state index in [-0.39, 0.29) is 11.9 Å². The van der Waals surface area contributed by atoms with Crippen molar-refractivity contribution in [2.45, 2.75) is 13.0 Å². The van der Waals surface area contributed by atoms with E-state index in [1.54, 1.807) is 18.3 Å². The second-order valence-corrected chi connectivity index (χ2v) is 6.51. The maximum Gasteiger partial charge on any atom is 0.138 e. The van der Waals surface area contributed by atoms with Gasteiger partial charge in [-0.15, -0.1) is 0 Å². The van der Waals surface area contributed by atoms with Gasteiger partial charge in [-0.3, -0.25) is 0 Å². The normalized spacial score (nSPS) is 12.3. The quantitative estimate of drug-likeness (QED) is 0.495. The van der Waals surface area contributed by atoms with Crippen LogP contribution in [0, 0.1) is 5.82 Å². The molecule has 0 aliphatic carbocycles. The lowest BCUT2D eigenvalue weighted by atomic mass is 10.1. The Bertz CT molecular complexity index is 1060. The Balaban J connectivity index is 1.64. The molecule has 3 aromatic heterocycles. The number of hydrogen-bond donors (Lipinski definition) is 2. The zero-order valence-corrected chi connectivity index (χ0v) is 14.8. The van der Waals surface area contributed by atoms with Crippen molar-refractivity contribution in [1.29, 1.82) is 0 Å². The van der Waals surface area contributed by atoms with Crippen LogP contribution in [0.5, 0.6) is 0 Å². The number of pyridine rings is 2. The van der Waals surface area contributed by atoms with E-state index in [0.717, 1.165) is 33.7 Å². The summed E-state index contributed by atoms with van der Waals surface area (Å²) in [5.74, 6) is 0.497. The fraction of sp³-hybridized carbons (Fsp3) is 0.100. The Morgan fingerprint density at radius 2 is 1.96 bits per heavy atom. The lowest BCUT2D eigenvalue weighted by molar-refractivity contribution is 0.626. The third-order valence-corrected chi connectivity index (χ3v) is 4.46. The standard InChI is InChI=1S/C20H16ClFN4/c1-12(13-5-7-15(22)8-6-13)25-19-4-2-3-18(26-19)17-11-24-20-16(17)9-14(21)10-23-20/h2-12H,1H3,(H,23,24)(H,25,26)/t12-/m0/s1. The minimum atomic E-state index is -0.243. The molecule has 3 heterocycles. The van der Waals surface area contributed by atoms with Crippen molar-refractivity contribution in [1.82, 2.24) is 15.0 Å². The number of aromatic nitrogens is 3. The largest absolute Gasteiger partial charge is 0.364 e. The van der Waals surface area contributed by atoms with Crippen molar-refractivity contribution in [3.63, 3.8) is 0 Å². The molecule has 4 aromatic rings. The maximum atomic E-state index is 13.1. The van der Waals surface area contributed by atoms with E-state index in [4.69, 9.17) is 16.6 Å². The van der Waals surface area contributed by atoms with Gasteiger partial charge in [0.1, 0.15) is 17.3 Å². The van der Waals surface area contributed by atoms with E-state index in [1.807, 2.05) is 37.4 Å². The first-order valence-corrected chi connectivity index (χ1v) is 8.60. The van der Waals surface area contributed by atoms with E-state index in [0.29, 0.717) is 5.02 Å². The van der Waals surface area contributed by atoms with Gasteiger partial charge in [-0.2, -0.15) is 0 Å². The first-order valence-electron chi connectivity index (χ1n) is 8.22. The van der Waals surface area contributed by atoms with Crippen LogP contribution in [0.15, 0.2) is 60.9 Å². The number of H-pyrrole nitrogens is 1. The van der Waals surface area contributed by atoms with Crippen molar-refractivity contribution in [2.75, 3.05) is 5.32 Å². The smallest absolute Gasteiger partial charge is 0.138 e. The number of anilines is 1. The average Bonchev–Trinajstić information content (AvgIpc) is 3.05. The second-order valence-electron chi connectivity index (χ2n) is 6.08. The predicted octanol–water partition coefficient (Wildman–Crippen LogP) is 5.59. The van der Waals surface area contributed by atoms with Gasteiger partial charge in [0.25, 0.3) is 0 Å². The zero-order chi connectivity index (χ0) is 18.1. The van der Waals surface area contributed by atoms with Gasteiger partial charge in [0.15, 0.2) is 0 Å². The van der Waals surface area contributed by atoms with Gasteiger partial charge in [-0.05, 0) is 42.8 Å². The molecule has 4 rings (SSSR count). The van der Waals surface area contributed by atoms with Crippen LogP contribution in [-0.4, -0.2) is 15.0 Å². The van der Waals surface area contributed by atoms with Crippen LogP contribution in [0.25, 0.3) is 22.3 Å². The number of nitrogens with zero attached hydrogens (tertiary/aromatic N) is 2. The molecule has 0 aliphatic heterocycles. The molecular weight excluding hydrogens is 351 g/mol. The molecule has 2 N–H and O–H groups in total. The van der Waals surface area contributed by atoms with Gasteiger partial charge in [-0.25, -0.2) is 14.4 Å². The molecule has 26 heavy (non-hydrogen) atoms. The van der Waals surface area contributed by atoms with Gasteiger partial charge in [0.2, 0.25) is 0 Å². The summed E-state index contributed by atoms with van der Waals surface area (Å²) in [5, 5.41) is 4.86. The highest BCUT2D eigenvalue weighted by Gasteiger charge is 2.11. The number of nitrogens with one attached hydrogen (secondary N) is 2. The summed E-state index contributed by atoms with van der Waals surface area (Å²) < 4.78 is 13.1. The van der Waals surface area contributed by atoms with Crippen LogP contribution in [0.1, 0.15) is 18.5 Å². The summed E-state index contributed by atoms with van der Waals surface area (Å²) in [5.41, 5.74) is 3.51. The maximum absolute atomic E-state index is 13.1. The van der Waals surface area contributed by atoms with E-state index < -0.39 is 0 Å². The van der Waals surface area contributed by atoms with Crippen LogP contribution in [0.3, 0.4) is 0 Å². The van der Waals surface area contributed by atoms with Crippen molar-refractivity contribution < 1.29 is 4.39 Å². The molecule has 0 saturated heterocycles. The van der Waals surface area contributed by atoms with Gasteiger partial charge in [0, 0.05) is 29.4 Å². The highest BCUT2D eigenvalue weighted by Crippen LogP contribution is 2.29. The molecule has 0 radical (unpaired) electrons. The molecule has 0 bridgehead atoms. The lowest BCUT2D eigenvalue weighted by Crippen LogP contribution is -2.08. The fourth-order valence-corrected chi connectivity index (χ4v) is 3.07. The Kier molecular flexibility index (Phi) is 4.31. The number of benzene rings is 1. The fourth-order valence-electron chi connectivity index (χ4n) is 2.91. The predicted molar refractivity (Wildman–Crippen MR) is 103 cm³/mol. The molecule has 0 saturated carbocycles. The van der Waals surface area contributed by atoms with E-state index >= 15 is 0 Å². The summed E-state index contributed by atoms with van der Waals surface area (Å²) in [6.07, 6.45) is 3.49. The van der Waals surface area contributed by atoms with Crippen molar-refractivity contribution >= 4 is 28.5 Å². The Labute approximate surface area is 155 Å². The third kappa shape index (κ3) is 3.26. The molecule has 0 fully saturated rings. The summed E-state index contributed by atoms with van der Waals surface area (Å²) in [7, 11) is 0. The van der Waals surface area contributed by atoms with Crippen LogP contribution >= 0.6 is 11.6 Å². The van der Waals surface area contributed by atoms with Gasteiger partial charge in [0.05, 0.1) is 10.7 Å². The number of aromatic amines is 1. The van der Waals surface area contributed by atoms with Crippen LogP contribution in [0.2, 0.25) is 5.02 Å². The second kappa shape index (κ2) is 6.77. The minimum Gasteiger partial charge on any atom is -0.364 e. The van der Waals surface area contributed by atoms with Crippen LogP contribution in [0.4, 0.5) is 10.2 Å². The Hall–Kier alpha value is -2.92. The van der Waals surface area contributed by atoms with Crippen LogP contribution < -0.4 is 5.32 Å². The average molecular weight is 367 g/mol.